The molecule has 3 N–H and O–H groups in total. The van der Waals surface area contributed by atoms with E-state index in [1.165, 1.54) is 12.0 Å². The summed E-state index contributed by atoms with van der Waals surface area (Å²) in [5.74, 6) is 5.58. The van der Waals surface area contributed by atoms with Crippen LogP contribution in [-0.4, -0.2) is 23.7 Å². The number of rotatable bonds is 5. The van der Waals surface area contributed by atoms with Gasteiger partial charge in [-0.25, -0.2) is 0 Å². The van der Waals surface area contributed by atoms with Crippen LogP contribution in [0.2, 0.25) is 0 Å². The van der Waals surface area contributed by atoms with Gasteiger partial charge in [0.25, 0.3) is 0 Å². The smallest absolute Gasteiger partial charge is 0.0591 e. The van der Waals surface area contributed by atoms with Crippen molar-refractivity contribution >= 4 is 0 Å². The van der Waals surface area contributed by atoms with Crippen LogP contribution in [0.15, 0.2) is 24.5 Å². The van der Waals surface area contributed by atoms with E-state index >= 15 is 0 Å². The Bertz CT molecular complexity index is 298. The fraction of sp³-hybridized carbons (Fsp3) is 0.583. The van der Waals surface area contributed by atoms with Gasteiger partial charge in [0.1, 0.15) is 0 Å². The molecule has 0 aliphatic carbocycles. The fourth-order valence-electron chi connectivity index (χ4n) is 2.16. The molecule has 0 radical (unpaired) electrons. The number of hydrogen-bond acceptors (Lipinski definition) is 4. The lowest BCUT2D eigenvalue weighted by molar-refractivity contribution is 0.0946. The Balaban J connectivity index is 1.85. The monoisotopic (exact) mass is 221 g/mol. The highest BCUT2D eigenvalue weighted by molar-refractivity contribution is 5.11. The van der Waals surface area contributed by atoms with Crippen LogP contribution in [0.4, 0.5) is 0 Å². The molecule has 1 aliphatic rings. The summed E-state index contributed by atoms with van der Waals surface area (Å²) < 4.78 is 5.62. The lowest BCUT2D eigenvalue weighted by Crippen LogP contribution is -2.39. The van der Waals surface area contributed by atoms with E-state index in [-0.39, 0.29) is 6.04 Å². The number of ether oxygens (including phenoxy) is 1. The third-order valence-corrected chi connectivity index (χ3v) is 3.04. The minimum absolute atomic E-state index is 0.283. The number of hydrogen-bond donors (Lipinski definition) is 2. The van der Waals surface area contributed by atoms with E-state index in [2.05, 4.69) is 10.4 Å². The highest BCUT2D eigenvalue weighted by atomic mass is 16.5. The molecule has 1 aromatic rings. The van der Waals surface area contributed by atoms with Crippen molar-refractivity contribution in [1.82, 2.24) is 10.4 Å². The van der Waals surface area contributed by atoms with E-state index < -0.39 is 0 Å². The number of pyridine rings is 1. The van der Waals surface area contributed by atoms with Crippen molar-refractivity contribution in [1.29, 1.82) is 0 Å². The lowest BCUT2D eigenvalue weighted by Gasteiger charge is -2.19. The molecular formula is C12H19N3O. The van der Waals surface area contributed by atoms with Gasteiger partial charge in [0.05, 0.1) is 6.10 Å². The summed E-state index contributed by atoms with van der Waals surface area (Å²) in [6, 6.07) is 4.34. The highest BCUT2D eigenvalue weighted by Gasteiger charge is 2.20. The molecule has 1 aliphatic heterocycles. The van der Waals surface area contributed by atoms with Crippen molar-refractivity contribution in [3.8, 4) is 0 Å². The highest BCUT2D eigenvalue weighted by Crippen LogP contribution is 2.18. The zero-order valence-electron chi connectivity index (χ0n) is 9.43. The average Bonchev–Trinajstić information content (AvgIpc) is 2.82. The van der Waals surface area contributed by atoms with Crippen LogP contribution in [0.1, 0.15) is 24.8 Å². The molecule has 0 amide bonds. The molecule has 2 unspecified atom stereocenters. The van der Waals surface area contributed by atoms with Gasteiger partial charge >= 0.3 is 0 Å². The molecule has 4 heteroatoms. The van der Waals surface area contributed by atoms with Crippen molar-refractivity contribution in [2.24, 2.45) is 5.84 Å². The molecule has 16 heavy (non-hydrogen) atoms. The molecule has 2 rings (SSSR count). The van der Waals surface area contributed by atoms with Crippen LogP contribution in [0.5, 0.6) is 0 Å². The number of nitrogens with one attached hydrogen (secondary N) is 1. The van der Waals surface area contributed by atoms with E-state index in [1.807, 2.05) is 24.5 Å². The number of aromatic nitrogens is 1. The zero-order chi connectivity index (χ0) is 11.2. The Morgan fingerprint density at radius 1 is 1.50 bits per heavy atom. The van der Waals surface area contributed by atoms with Gasteiger partial charge in [-0.15, -0.1) is 0 Å². The van der Waals surface area contributed by atoms with Crippen LogP contribution < -0.4 is 11.3 Å². The molecule has 1 fully saturated rings. The van der Waals surface area contributed by atoms with Gasteiger partial charge in [0.2, 0.25) is 0 Å². The first-order chi connectivity index (χ1) is 7.88. The molecule has 0 bridgehead atoms. The third-order valence-electron chi connectivity index (χ3n) is 3.04. The van der Waals surface area contributed by atoms with Gasteiger partial charge in [-0.2, -0.15) is 0 Å². The molecule has 0 aromatic carbocycles. The quantitative estimate of drug-likeness (QED) is 0.576. The maximum atomic E-state index is 5.62. The molecule has 88 valence electrons. The molecular weight excluding hydrogens is 202 g/mol. The second kappa shape index (κ2) is 5.94. The predicted molar refractivity (Wildman–Crippen MR) is 62.6 cm³/mol. The van der Waals surface area contributed by atoms with E-state index in [1.54, 1.807) is 0 Å². The Labute approximate surface area is 96.2 Å². The van der Waals surface area contributed by atoms with Crippen molar-refractivity contribution in [3.63, 3.8) is 0 Å². The topological polar surface area (TPSA) is 60.2 Å². The Morgan fingerprint density at radius 2 is 2.31 bits per heavy atom. The maximum Gasteiger partial charge on any atom is 0.0591 e. The minimum Gasteiger partial charge on any atom is -0.378 e. The molecule has 2 heterocycles. The Hall–Kier alpha value is -0.970. The van der Waals surface area contributed by atoms with E-state index in [0.29, 0.717) is 6.10 Å². The standard InChI is InChI=1S/C12H19N3O/c13-15-11(9-12-2-1-7-16-12)8-10-3-5-14-6-4-10/h3-6,11-12,15H,1-2,7-9,13H2. The Morgan fingerprint density at radius 3 is 2.94 bits per heavy atom. The van der Waals surface area contributed by atoms with Crippen molar-refractivity contribution in [2.75, 3.05) is 6.61 Å². The largest absolute Gasteiger partial charge is 0.378 e. The first-order valence-corrected chi connectivity index (χ1v) is 5.85. The third kappa shape index (κ3) is 3.27. The normalized spacial score (nSPS) is 22.2. The lowest BCUT2D eigenvalue weighted by atomic mass is 10.0. The Kier molecular flexibility index (Phi) is 4.27. The van der Waals surface area contributed by atoms with Gasteiger partial charge in [0.15, 0.2) is 0 Å². The number of nitrogens with zero attached hydrogens (tertiary/aromatic N) is 1. The molecule has 0 saturated carbocycles. The van der Waals surface area contributed by atoms with Crippen molar-refractivity contribution < 1.29 is 4.74 Å². The predicted octanol–water partition coefficient (Wildman–Crippen LogP) is 1.03. The molecule has 2 atom stereocenters. The van der Waals surface area contributed by atoms with Crippen LogP contribution in [-0.2, 0) is 11.2 Å². The van der Waals surface area contributed by atoms with Crippen LogP contribution in [0.25, 0.3) is 0 Å². The van der Waals surface area contributed by atoms with Crippen molar-refractivity contribution in [3.05, 3.63) is 30.1 Å². The summed E-state index contributed by atoms with van der Waals surface area (Å²) in [4.78, 5) is 4.01. The van der Waals surface area contributed by atoms with Crippen LogP contribution in [0, 0.1) is 0 Å². The molecule has 1 saturated heterocycles. The maximum absolute atomic E-state index is 5.62. The van der Waals surface area contributed by atoms with Crippen LogP contribution in [0.3, 0.4) is 0 Å². The second-order valence-electron chi connectivity index (χ2n) is 4.29. The van der Waals surface area contributed by atoms with Crippen LogP contribution >= 0.6 is 0 Å². The summed E-state index contributed by atoms with van der Waals surface area (Å²) in [6.07, 6.45) is 8.26. The van der Waals surface area contributed by atoms with Gasteiger partial charge in [-0.05, 0) is 43.4 Å². The first-order valence-electron chi connectivity index (χ1n) is 5.85. The van der Waals surface area contributed by atoms with Gasteiger partial charge in [-0.1, -0.05) is 0 Å². The first kappa shape index (κ1) is 11.5. The summed E-state index contributed by atoms with van der Waals surface area (Å²) in [5, 5.41) is 0. The van der Waals surface area contributed by atoms with E-state index in [9.17, 15) is 0 Å². The summed E-state index contributed by atoms with van der Waals surface area (Å²) in [7, 11) is 0. The molecule has 1 aromatic heterocycles. The van der Waals surface area contributed by atoms with Crippen molar-refractivity contribution in [2.45, 2.75) is 37.8 Å². The summed E-state index contributed by atoms with van der Waals surface area (Å²) in [5.41, 5.74) is 4.14. The average molecular weight is 221 g/mol. The SMILES string of the molecule is NNC(Cc1ccncc1)CC1CCCO1. The summed E-state index contributed by atoms with van der Waals surface area (Å²) >= 11 is 0. The van der Waals surface area contributed by atoms with E-state index in [0.717, 1.165) is 25.9 Å². The van der Waals surface area contributed by atoms with Gasteiger partial charge in [-0.3, -0.25) is 16.3 Å². The number of hydrazine groups is 1. The van der Waals surface area contributed by atoms with Gasteiger partial charge in [0, 0.05) is 25.0 Å². The minimum atomic E-state index is 0.283. The fourth-order valence-corrected chi connectivity index (χ4v) is 2.16. The zero-order valence-corrected chi connectivity index (χ0v) is 9.43. The van der Waals surface area contributed by atoms with E-state index in [4.69, 9.17) is 10.6 Å². The molecule has 0 spiro atoms. The molecule has 4 nitrogen and oxygen atoms in total. The van der Waals surface area contributed by atoms with Gasteiger partial charge < -0.3 is 4.74 Å². The number of nitrogens with two attached hydrogens (primary N) is 1. The second-order valence-corrected chi connectivity index (χ2v) is 4.29. The summed E-state index contributed by atoms with van der Waals surface area (Å²) in [6.45, 7) is 0.900.